The van der Waals surface area contributed by atoms with Crippen molar-refractivity contribution < 1.29 is 9.53 Å². The maximum absolute atomic E-state index is 11.9. The molecule has 0 aliphatic rings. The number of amides is 2. The van der Waals surface area contributed by atoms with Crippen LogP contribution in [0.4, 0.5) is 16.2 Å². The van der Waals surface area contributed by atoms with Gasteiger partial charge in [0.05, 0.1) is 11.9 Å². The van der Waals surface area contributed by atoms with E-state index in [1.54, 1.807) is 36.3 Å². The second-order valence-electron chi connectivity index (χ2n) is 4.76. The smallest absolute Gasteiger partial charge is 0.323 e. The Morgan fingerprint density at radius 2 is 2.14 bits per heavy atom. The van der Waals surface area contributed by atoms with Crippen LogP contribution >= 0.6 is 0 Å². The predicted molar refractivity (Wildman–Crippen MR) is 82.6 cm³/mol. The van der Waals surface area contributed by atoms with Crippen LogP contribution in [-0.2, 0) is 7.05 Å². The lowest BCUT2D eigenvalue weighted by molar-refractivity contribution is 0.262. The van der Waals surface area contributed by atoms with E-state index in [2.05, 4.69) is 22.3 Å². The monoisotopic (exact) mass is 286 g/mol. The standard InChI is InChI=1S/C15H18N4O2/c1-11(2)10-21-14-6-4-5-12(7-14)17-15(20)18-13-8-16-19(3)9-13/h4-9H,1,10H2,2-3H3,(H2,17,18,20). The highest BCUT2D eigenvalue weighted by atomic mass is 16.5. The van der Waals surface area contributed by atoms with Crippen LogP contribution < -0.4 is 15.4 Å². The first-order chi connectivity index (χ1) is 10.0. The quantitative estimate of drug-likeness (QED) is 0.830. The number of carbonyl (C=O) groups is 1. The number of benzene rings is 1. The Kier molecular flexibility index (Phi) is 4.61. The Hall–Kier alpha value is -2.76. The number of hydrogen-bond donors (Lipinski definition) is 2. The number of rotatable bonds is 5. The minimum atomic E-state index is -0.333. The van der Waals surface area contributed by atoms with Gasteiger partial charge in [0.2, 0.25) is 0 Å². The summed E-state index contributed by atoms with van der Waals surface area (Å²) in [5.41, 5.74) is 2.21. The van der Waals surface area contributed by atoms with Crippen LogP contribution in [0.25, 0.3) is 0 Å². The highest BCUT2D eigenvalue weighted by Crippen LogP contribution is 2.18. The van der Waals surface area contributed by atoms with E-state index < -0.39 is 0 Å². The molecule has 2 aromatic rings. The highest BCUT2D eigenvalue weighted by Gasteiger charge is 2.05. The molecule has 2 N–H and O–H groups in total. The number of nitrogens with zero attached hydrogens (tertiary/aromatic N) is 2. The van der Waals surface area contributed by atoms with E-state index in [-0.39, 0.29) is 6.03 Å². The summed E-state index contributed by atoms with van der Waals surface area (Å²) in [4.78, 5) is 11.9. The SMILES string of the molecule is C=C(C)COc1cccc(NC(=O)Nc2cnn(C)c2)c1. The van der Waals surface area contributed by atoms with Crippen molar-refractivity contribution in [2.45, 2.75) is 6.92 Å². The molecule has 0 saturated carbocycles. The van der Waals surface area contributed by atoms with Crippen molar-refractivity contribution in [1.82, 2.24) is 9.78 Å². The van der Waals surface area contributed by atoms with E-state index in [0.29, 0.717) is 23.7 Å². The van der Waals surface area contributed by atoms with Gasteiger partial charge in [-0.3, -0.25) is 4.68 Å². The summed E-state index contributed by atoms with van der Waals surface area (Å²) in [5, 5.41) is 9.41. The third kappa shape index (κ3) is 4.68. The molecule has 1 aromatic carbocycles. The van der Waals surface area contributed by atoms with Crippen LogP contribution in [0, 0.1) is 0 Å². The molecule has 0 fully saturated rings. The van der Waals surface area contributed by atoms with Crippen molar-refractivity contribution in [1.29, 1.82) is 0 Å². The summed E-state index contributed by atoms with van der Waals surface area (Å²) in [7, 11) is 1.78. The van der Waals surface area contributed by atoms with E-state index in [1.165, 1.54) is 0 Å². The summed E-state index contributed by atoms with van der Waals surface area (Å²) in [6.07, 6.45) is 3.29. The average Bonchev–Trinajstić information content (AvgIpc) is 2.82. The van der Waals surface area contributed by atoms with Crippen LogP contribution in [0.1, 0.15) is 6.92 Å². The third-order valence-electron chi connectivity index (χ3n) is 2.54. The molecule has 0 radical (unpaired) electrons. The van der Waals surface area contributed by atoms with Gasteiger partial charge in [0.15, 0.2) is 0 Å². The minimum Gasteiger partial charge on any atom is -0.489 e. The Balaban J connectivity index is 1.94. The molecule has 110 valence electrons. The number of nitrogens with one attached hydrogen (secondary N) is 2. The predicted octanol–water partition coefficient (Wildman–Crippen LogP) is 3.02. The number of hydrogen-bond acceptors (Lipinski definition) is 3. The first-order valence-corrected chi connectivity index (χ1v) is 6.47. The van der Waals surface area contributed by atoms with Crippen LogP contribution in [0.2, 0.25) is 0 Å². The molecule has 0 aliphatic carbocycles. The van der Waals surface area contributed by atoms with E-state index in [1.807, 2.05) is 19.1 Å². The van der Waals surface area contributed by atoms with Gasteiger partial charge < -0.3 is 15.4 Å². The van der Waals surface area contributed by atoms with Gasteiger partial charge in [0.1, 0.15) is 12.4 Å². The molecule has 6 heteroatoms. The van der Waals surface area contributed by atoms with Gasteiger partial charge in [0.25, 0.3) is 0 Å². The first kappa shape index (κ1) is 14.6. The molecule has 1 aromatic heterocycles. The van der Waals surface area contributed by atoms with E-state index in [4.69, 9.17) is 4.74 Å². The summed E-state index contributed by atoms with van der Waals surface area (Å²) in [5.74, 6) is 0.678. The van der Waals surface area contributed by atoms with Crippen molar-refractivity contribution in [3.05, 3.63) is 48.8 Å². The zero-order chi connectivity index (χ0) is 15.2. The van der Waals surface area contributed by atoms with E-state index >= 15 is 0 Å². The fourth-order valence-corrected chi connectivity index (χ4v) is 1.65. The van der Waals surface area contributed by atoms with E-state index in [0.717, 1.165) is 5.57 Å². The molecule has 0 atom stereocenters. The van der Waals surface area contributed by atoms with Gasteiger partial charge in [0, 0.05) is 25.0 Å². The lowest BCUT2D eigenvalue weighted by Crippen LogP contribution is -2.19. The van der Waals surface area contributed by atoms with Crippen molar-refractivity contribution in [3.63, 3.8) is 0 Å². The molecule has 1 heterocycles. The van der Waals surface area contributed by atoms with Gasteiger partial charge in [-0.15, -0.1) is 0 Å². The fourth-order valence-electron chi connectivity index (χ4n) is 1.65. The van der Waals surface area contributed by atoms with E-state index in [9.17, 15) is 4.79 Å². The molecule has 0 unspecified atom stereocenters. The Labute approximate surface area is 123 Å². The summed E-state index contributed by atoms with van der Waals surface area (Å²) < 4.78 is 7.14. The Morgan fingerprint density at radius 1 is 1.38 bits per heavy atom. The van der Waals surface area contributed by atoms with Crippen LogP contribution in [0.3, 0.4) is 0 Å². The molecule has 0 saturated heterocycles. The van der Waals surface area contributed by atoms with Crippen LogP contribution in [0.15, 0.2) is 48.8 Å². The largest absolute Gasteiger partial charge is 0.489 e. The summed E-state index contributed by atoms with van der Waals surface area (Å²) in [6, 6.07) is 6.85. The molecule has 6 nitrogen and oxygen atoms in total. The lowest BCUT2D eigenvalue weighted by atomic mass is 10.3. The maximum atomic E-state index is 11.9. The summed E-state index contributed by atoms with van der Waals surface area (Å²) >= 11 is 0. The highest BCUT2D eigenvalue weighted by molar-refractivity contribution is 5.99. The lowest BCUT2D eigenvalue weighted by Gasteiger charge is -2.09. The zero-order valence-electron chi connectivity index (χ0n) is 12.1. The third-order valence-corrected chi connectivity index (χ3v) is 2.54. The van der Waals surface area contributed by atoms with Crippen LogP contribution in [0.5, 0.6) is 5.75 Å². The van der Waals surface area contributed by atoms with Gasteiger partial charge >= 0.3 is 6.03 Å². The second-order valence-corrected chi connectivity index (χ2v) is 4.76. The average molecular weight is 286 g/mol. The minimum absolute atomic E-state index is 0.333. The molecule has 0 spiro atoms. The normalized spacial score (nSPS) is 10.0. The summed E-state index contributed by atoms with van der Waals surface area (Å²) in [6.45, 7) is 6.12. The molecule has 21 heavy (non-hydrogen) atoms. The number of urea groups is 1. The topological polar surface area (TPSA) is 68.2 Å². The number of anilines is 2. The van der Waals surface area contributed by atoms with Gasteiger partial charge in [-0.1, -0.05) is 12.6 Å². The van der Waals surface area contributed by atoms with Gasteiger partial charge in [-0.2, -0.15) is 5.10 Å². The first-order valence-electron chi connectivity index (χ1n) is 6.47. The Morgan fingerprint density at radius 3 is 2.81 bits per heavy atom. The van der Waals surface area contributed by atoms with Crippen molar-refractivity contribution in [2.75, 3.05) is 17.2 Å². The molecular weight excluding hydrogens is 268 g/mol. The number of ether oxygens (including phenoxy) is 1. The van der Waals surface area contributed by atoms with Crippen molar-refractivity contribution in [3.8, 4) is 5.75 Å². The maximum Gasteiger partial charge on any atom is 0.323 e. The van der Waals surface area contributed by atoms with Crippen molar-refractivity contribution in [2.24, 2.45) is 7.05 Å². The number of carbonyl (C=O) groups excluding carboxylic acids is 1. The molecule has 0 aliphatic heterocycles. The molecule has 2 rings (SSSR count). The van der Waals surface area contributed by atoms with Crippen LogP contribution in [-0.4, -0.2) is 22.4 Å². The Bertz CT molecular complexity index is 649. The van der Waals surface area contributed by atoms with Gasteiger partial charge in [-0.25, -0.2) is 4.79 Å². The fraction of sp³-hybridized carbons (Fsp3) is 0.200. The van der Waals surface area contributed by atoms with Crippen molar-refractivity contribution >= 4 is 17.4 Å². The number of aryl methyl sites for hydroxylation is 1. The molecular formula is C15H18N4O2. The molecule has 2 amide bonds. The molecule has 0 bridgehead atoms. The zero-order valence-corrected chi connectivity index (χ0v) is 12.1. The van der Waals surface area contributed by atoms with Gasteiger partial charge in [-0.05, 0) is 24.6 Å². The number of aromatic nitrogens is 2. The second kappa shape index (κ2) is 6.60.